The zero-order valence-corrected chi connectivity index (χ0v) is 12.6. The maximum absolute atomic E-state index is 5.95. The number of hydrogen-bond donors (Lipinski definition) is 1. The van der Waals surface area contributed by atoms with Gasteiger partial charge < -0.3 is 20.1 Å². The first-order chi connectivity index (χ1) is 8.74. The second-order valence-corrected chi connectivity index (χ2v) is 5.56. The molecule has 0 unspecified atom stereocenters. The number of hydrogen-bond acceptors (Lipinski definition) is 6. The highest BCUT2D eigenvalue weighted by Crippen LogP contribution is 2.28. The number of nitrogen functional groups attached to an aromatic ring is 1. The zero-order chi connectivity index (χ0) is 14.6. The topological polar surface area (TPSA) is 73.5 Å². The van der Waals surface area contributed by atoms with Crippen LogP contribution in [0.2, 0.25) is 0 Å². The van der Waals surface area contributed by atoms with Crippen molar-refractivity contribution in [1.29, 1.82) is 0 Å². The Morgan fingerprint density at radius 3 is 2.37 bits per heavy atom. The lowest BCUT2D eigenvalue weighted by atomic mass is 10.1. The highest BCUT2D eigenvalue weighted by atomic mass is 16.5. The average molecular weight is 268 g/mol. The van der Waals surface area contributed by atoms with Gasteiger partial charge in [-0.1, -0.05) is 0 Å². The van der Waals surface area contributed by atoms with Crippen LogP contribution in [0.5, 0.6) is 11.8 Å². The molecule has 0 bridgehead atoms. The smallest absolute Gasteiger partial charge is 0.244 e. The molecule has 0 saturated carbocycles. The SMILES string of the molecule is CC(C)Oc1ncnc(OCC(C)(C)N(C)C)c1N. The van der Waals surface area contributed by atoms with Crippen molar-refractivity contribution < 1.29 is 9.47 Å². The Labute approximate surface area is 114 Å². The van der Waals surface area contributed by atoms with Crippen molar-refractivity contribution in [2.75, 3.05) is 26.4 Å². The van der Waals surface area contributed by atoms with Crippen molar-refractivity contribution in [3.05, 3.63) is 6.33 Å². The van der Waals surface area contributed by atoms with Gasteiger partial charge in [0.15, 0.2) is 5.69 Å². The van der Waals surface area contributed by atoms with Gasteiger partial charge in [0.1, 0.15) is 12.9 Å². The minimum Gasteiger partial charge on any atom is -0.474 e. The third kappa shape index (κ3) is 4.24. The molecule has 0 atom stereocenters. The Bertz CT molecular complexity index is 419. The fourth-order valence-electron chi connectivity index (χ4n) is 1.17. The van der Waals surface area contributed by atoms with E-state index in [-0.39, 0.29) is 11.6 Å². The molecule has 0 fully saturated rings. The number of anilines is 1. The Hall–Kier alpha value is -1.56. The van der Waals surface area contributed by atoms with Crippen molar-refractivity contribution in [1.82, 2.24) is 14.9 Å². The summed E-state index contributed by atoms with van der Waals surface area (Å²) in [6, 6.07) is 0. The van der Waals surface area contributed by atoms with E-state index in [0.717, 1.165) is 0 Å². The van der Waals surface area contributed by atoms with Crippen molar-refractivity contribution in [2.45, 2.75) is 39.3 Å². The molecule has 0 aliphatic rings. The third-order valence-corrected chi connectivity index (χ3v) is 2.93. The van der Waals surface area contributed by atoms with Gasteiger partial charge in [0.25, 0.3) is 0 Å². The number of rotatable bonds is 6. The maximum atomic E-state index is 5.95. The molecule has 0 spiro atoms. The Morgan fingerprint density at radius 2 is 1.84 bits per heavy atom. The van der Waals surface area contributed by atoms with Crippen LogP contribution in [0.4, 0.5) is 5.69 Å². The van der Waals surface area contributed by atoms with Crippen LogP contribution in [0.3, 0.4) is 0 Å². The highest BCUT2D eigenvalue weighted by molar-refractivity contribution is 5.55. The number of aromatic nitrogens is 2. The molecule has 6 heteroatoms. The normalized spacial score (nSPS) is 12.0. The first-order valence-electron chi connectivity index (χ1n) is 6.31. The highest BCUT2D eigenvalue weighted by Gasteiger charge is 2.23. The summed E-state index contributed by atoms with van der Waals surface area (Å²) in [4.78, 5) is 10.1. The lowest BCUT2D eigenvalue weighted by molar-refractivity contribution is 0.111. The molecule has 1 heterocycles. The van der Waals surface area contributed by atoms with Gasteiger partial charge in [-0.2, -0.15) is 9.97 Å². The molecule has 0 radical (unpaired) electrons. The largest absolute Gasteiger partial charge is 0.474 e. The van der Waals surface area contributed by atoms with Gasteiger partial charge in [0.05, 0.1) is 6.10 Å². The molecule has 19 heavy (non-hydrogen) atoms. The maximum Gasteiger partial charge on any atom is 0.244 e. The summed E-state index contributed by atoms with van der Waals surface area (Å²) in [7, 11) is 4.00. The molecular formula is C13H24N4O2. The summed E-state index contributed by atoms with van der Waals surface area (Å²) < 4.78 is 11.2. The van der Waals surface area contributed by atoms with Gasteiger partial charge >= 0.3 is 0 Å². The molecule has 0 saturated heterocycles. The number of nitrogens with zero attached hydrogens (tertiary/aromatic N) is 3. The van der Waals surface area contributed by atoms with Gasteiger partial charge in [-0.25, -0.2) is 0 Å². The monoisotopic (exact) mass is 268 g/mol. The van der Waals surface area contributed by atoms with Crippen LogP contribution in [0.15, 0.2) is 6.33 Å². The summed E-state index contributed by atoms with van der Waals surface area (Å²) >= 11 is 0. The van der Waals surface area contributed by atoms with Crippen molar-refractivity contribution in [3.8, 4) is 11.8 Å². The van der Waals surface area contributed by atoms with E-state index in [1.807, 2.05) is 27.9 Å². The minimum atomic E-state index is -0.115. The van der Waals surface area contributed by atoms with E-state index in [1.54, 1.807) is 0 Å². The van der Waals surface area contributed by atoms with Gasteiger partial charge in [-0.3, -0.25) is 0 Å². The van der Waals surface area contributed by atoms with Crippen LogP contribution < -0.4 is 15.2 Å². The van der Waals surface area contributed by atoms with Crippen molar-refractivity contribution in [2.24, 2.45) is 0 Å². The van der Waals surface area contributed by atoms with E-state index in [2.05, 4.69) is 28.7 Å². The first-order valence-corrected chi connectivity index (χ1v) is 6.31. The van der Waals surface area contributed by atoms with Crippen molar-refractivity contribution in [3.63, 3.8) is 0 Å². The second-order valence-electron chi connectivity index (χ2n) is 5.56. The summed E-state index contributed by atoms with van der Waals surface area (Å²) in [5.41, 5.74) is 6.17. The Kier molecular flexibility index (Phi) is 4.94. The fourth-order valence-corrected chi connectivity index (χ4v) is 1.17. The van der Waals surface area contributed by atoms with Gasteiger partial charge in [0.2, 0.25) is 11.8 Å². The van der Waals surface area contributed by atoms with Gasteiger partial charge in [-0.15, -0.1) is 0 Å². The predicted octanol–water partition coefficient (Wildman–Crippen LogP) is 1.56. The minimum absolute atomic E-state index is 0.00302. The molecule has 2 N–H and O–H groups in total. The lowest BCUT2D eigenvalue weighted by Crippen LogP contribution is -2.43. The summed E-state index contributed by atoms with van der Waals surface area (Å²) in [5, 5.41) is 0. The van der Waals surface area contributed by atoms with Crippen LogP contribution in [0.25, 0.3) is 0 Å². The molecular weight excluding hydrogens is 244 g/mol. The number of ether oxygens (including phenoxy) is 2. The van der Waals surface area contributed by atoms with E-state index >= 15 is 0 Å². The van der Waals surface area contributed by atoms with E-state index in [0.29, 0.717) is 24.1 Å². The van der Waals surface area contributed by atoms with Crippen LogP contribution in [-0.2, 0) is 0 Å². The molecule has 108 valence electrons. The Morgan fingerprint density at radius 1 is 1.26 bits per heavy atom. The lowest BCUT2D eigenvalue weighted by Gasteiger charge is -2.32. The second kappa shape index (κ2) is 6.06. The van der Waals surface area contributed by atoms with E-state index in [1.165, 1.54) is 6.33 Å². The standard InChI is InChI=1S/C13H24N4O2/c1-9(2)19-12-10(14)11(15-8-16-12)18-7-13(3,4)17(5)6/h8-9H,7,14H2,1-6H3. The third-order valence-electron chi connectivity index (χ3n) is 2.93. The van der Waals surface area contributed by atoms with Gasteiger partial charge in [-0.05, 0) is 41.8 Å². The molecule has 1 aromatic heterocycles. The van der Waals surface area contributed by atoms with Gasteiger partial charge in [0, 0.05) is 5.54 Å². The van der Waals surface area contributed by atoms with Crippen LogP contribution >= 0.6 is 0 Å². The number of nitrogens with two attached hydrogens (primary N) is 1. The molecule has 0 aliphatic carbocycles. The summed E-state index contributed by atoms with van der Waals surface area (Å²) in [6.07, 6.45) is 1.40. The number of likely N-dealkylation sites (N-methyl/N-ethyl adjacent to an activating group) is 1. The average Bonchev–Trinajstić information content (AvgIpc) is 2.29. The zero-order valence-electron chi connectivity index (χ0n) is 12.6. The molecule has 0 aromatic carbocycles. The quantitative estimate of drug-likeness (QED) is 0.844. The van der Waals surface area contributed by atoms with Crippen molar-refractivity contribution >= 4 is 5.69 Å². The van der Waals surface area contributed by atoms with E-state index < -0.39 is 0 Å². The molecule has 0 amide bonds. The summed E-state index contributed by atoms with van der Waals surface area (Å²) in [6.45, 7) is 8.46. The first kappa shape index (κ1) is 15.5. The summed E-state index contributed by atoms with van der Waals surface area (Å²) in [5.74, 6) is 0.725. The van der Waals surface area contributed by atoms with Crippen LogP contribution in [0, 0.1) is 0 Å². The molecule has 6 nitrogen and oxygen atoms in total. The predicted molar refractivity (Wildman–Crippen MR) is 75.5 cm³/mol. The molecule has 1 aromatic rings. The van der Waals surface area contributed by atoms with E-state index in [4.69, 9.17) is 15.2 Å². The Balaban J connectivity index is 2.80. The van der Waals surface area contributed by atoms with Crippen LogP contribution in [-0.4, -0.2) is 47.2 Å². The fraction of sp³-hybridized carbons (Fsp3) is 0.692. The molecule has 1 rings (SSSR count). The van der Waals surface area contributed by atoms with Crippen LogP contribution in [0.1, 0.15) is 27.7 Å². The molecule has 0 aliphatic heterocycles. The van der Waals surface area contributed by atoms with E-state index in [9.17, 15) is 0 Å².